The summed E-state index contributed by atoms with van der Waals surface area (Å²) in [5.74, 6) is 2.21. The number of hydrogen-bond donors (Lipinski definition) is 1. The van der Waals surface area contributed by atoms with Gasteiger partial charge in [0.1, 0.15) is 5.76 Å². The summed E-state index contributed by atoms with van der Waals surface area (Å²) in [6, 6.07) is 9.50. The van der Waals surface area contributed by atoms with E-state index in [4.69, 9.17) is 9.15 Å². The number of aromatic nitrogens is 3. The highest BCUT2D eigenvalue weighted by Gasteiger charge is 2.06. The molecule has 0 aliphatic carbocycles. The Kier molecular flexibility index (Phi) is 4.92. The van der Waals surface area contributed by atoms with Gasteiger partial charge in [-0.15, -0.1) is 10.2 Å². The second kappa shape index (κ2) is 7.28. The Labute approximate surface area is 135 Å². The van der Waals surface area contributed by atoms with Gasteiger partial charge >= 0.3 is 0 Å². The fraction of sp³-hybridized carbons (Fsp3) is 0.214. The topological polar surface area (TPSA) is 73.1 Å². The lowest BCUT2D eigenvalue weighted by molar-refractivity contribution is 0.397. The van der Waals surface area contributed by atoms with Gasteiger partial charge in [-0.3, -0.25) is 0 Å². The largest absolute Gasteiger partial charge is 0.481 e. The molecule has 0 aromatic carbocycles. The zero-order valence-electron chi connectivity index (χ0n) is 11.9. The fourth-order valence-corrected chi connectivity index (χ4v) is 3.36. The summed E-state index contributed by atoms with van der Waals surface area (Å²) < 4.78 is 11.3. The molecule has 1 N–H and O–H groups in total. The van der Waals surface area contributed by atoms with E-state index in [0.29, 0.717) is 12.4 Å². The third-order valence-corrected chi connectivity index (χ3v) is 4.78. The van der Waals surface area contributed by atoms with E-state index in [1.807, 2.05) is 30.3 Å². The van der Waals surface area contributed by atoms with Crippen molar-refractivity contribution in [3.05, 3.63) is 48.0 Å². The van der Waals surface area contributed by atoms with Crippen LogP contribution in [0.5, 0.6) is 5.88 Å². The molecule has 0 amide bonds. The number of anilines is 1. The van der Waals surface area contributed by atoms with Gasteiger partial charge in [0.25, 0.3) is 0 Å². The van der Waals surface area contributed by atoms with Gasteiger partial charge in [-0.05, 0) is 18.2 Å². The predicted octanol–water partition coefficient (Wildman–Crippen LogP) is 3.44. The van der Waals surface area contributed by atoms with Crippen LogP contribution < -0.4 is 10.1 Å². The third-order valence-electron chi connectivity index (χ3n) is 2.73. The fourth-order valence-electron chi connectivity index (χ4n) is 1.70. The van der Waals surface area contributed by atoms with Crippen molar-refractivity contribution in [1.29, 1.82) is 0 Å². The molecule has 3 aromatic heterocycles. The second-order valence-electron chi connectivity index (χ2n) is 4.27. The van der Waals surface area contributed by atoms with Crippen molar-refractivity contribution in [3.8, 4) is 5.88 Å². The molecule has 22 heavy (non-hydrogen) atoms. The van der Waals surface area contributed by atoms with Crippen molar-refractivity contribution in [3.63, 3.8) is 0 Å². The zero-order valence-corrected chi connectivity index (χ0v) is 13.5. The van der Waals surface area contributed by atoms with Gasteiger partial charge in [0.15, 0.2) is 4.34 Å². The number of hydrogen-bond acceptors (Lipinski definition) is 8. The quantitative estimate of drug-likeness (QED) is 0.663. The molecule has 0 fully saturated rings. The van der Waals surface area contributed by atoms with Crippen LogP contribution in [-0.4, -0.2) is 22.3 Å². The molecule has 0 radical (unpaired) electrons. The van der Waals surface area contributed by atoms with E-state index in [-0.39, 0.29) is 0 Å². The van der Waals surface area contributed by atoms with E-state index in [0.717, 1.165) is 26.7 Å². The smallest absolute Gasteiger partial charge is 0.213 e. The minimum Gasteiger partial charge on any atom is -0.481 e. The lowest BCUT2D eigenvalue weighted by Gasteiger charge is -2.01. The van der Waals surface area contributed by atoms with Crippen LogP contribution in [0.1, 0.15) is 11.5 Å². The van der Waals surface area contributed by atoms with Crippen molar-refractivity contribution < 1.29 is 9.15 Å². The molecule has 0 spiro atoms. The minimum absolute atomic E-state index is 0.601. The molecule has 8 heteroatoms. The van der Waals surface area contributed by atoms with Gasteiger partial charge in [0.2, 0.25) is 11.0 Å². The van der Waals surface area contributed by atoms with Crippen molar-refractivity contribution in [2.45, 2.75) is 16.6 Å². The average Bonchev–Trinajstić information content (AvgIpc) is 3.22. The Morgan fingerprint density at radius 1 is 1.27 bits per heavy atom. The maximum Gasteiger partial charge on any atom is 0.213 e. The molecular formula is C14H14N4O2S2. The minimum atomic E-state index is 0.601. The van der Waals surface area contributed by atoms with E-state index in [1.54, 1.807) is 25.1 Å². The maximum atomic E-state index is 5.26. The molecule has 3 aromatic rings. The van der Waals surface area contributed by atoms with E-state index in [9.17, 15) is 0 Å². The highest BCUT2D eigenvalue weighted by atomic mass is 32.2. The molecule has 3 heterocycles. The summed E-state index contributed by atoms with van der Waals surface area (Å²) in [7, 11) is 1.61. The molecule has 0 aliphatic heterocycles. The summed E-state index contributed by atoms with van der Waals surface area (Å²) in [5.41, 5.74) is 0.949. The van der Waals surface area contributed by atoms with Crippen LogP contribution in [0.3, 0.4) is 0 Å². The van der Waals surface area contributed by atoms with E-state index >= 15 is 0 Å². The molecule has 0 aliphatic rings. The first-order chi connectivity index (χ1) is 10.8. The maximum absolute atomic E-state index is 5.26. The summed E-state index contributed by atoms with van der Waals surface area (Å²) in [5, 5.41) is 12.2. The van der Waals surface area contributed by atoms with Crippen molar-refractivity contribution in [2.75, 3.05) is 12.4 Å². The van der Waals surface area contributed by atoms with Crippen LogP contribution in [0.25, 0.3) is 0 Å². The molecule has 0 saturated heterocycles. The standard InChI is InChI=1S/C14H14N4O2S2/c1-19-12-6-2-4-10(16-12)9-21-14-18-17-13(22-14)15-8-11-5-3-7-20-11/h2-7H,8-9H2,1H3,(H,15,17). The number of rotatable bonds is 7. The van der Waals surface area contributed by atoms with Crippen LogP contribution in [0, 0.1) is 0 Å². The van der Waals surface area contributed by atoms with Crippen LogP contribution in [-0.2, 0) is 12.3 Å². The Balaban J connectivity index is 1.52. The Bertz CT molecular complexity index is 715. The number of pyridine rings is 1. The van der Waals surface area contributed by atoms with Crippen molar-refractivity contribution in [2.24, 2.45) is 0 Å². The van der Waals surface area contributed by atoms with Crippen molar-refractivity contribution >= 4 is 28.2 Å². The van der Waals surface area contributed by atoms with E-state index in [1.165, 1.54) is 11.3 Å². The van der Waals surface area contributed by atoms with E-state index < -0.39 is 0 Å². The Morgan fingerprint density at radius 3 is 3.05 bits per heavy atom. The monoisotopic (exact) mass is 334 g/mol. The number of nitrogens with one attached hydrogen (secondary N) is 1. The number of methoxy groups -OCH3 is 1. The molecule has 0 bridgehead atoms. The van der Waals surface area contributed by atoms with Crippen LogP contribution in [0.4, 0.5) is 5.13 Å². The molecule has 114 valence electrons. The molecule has 0 saturated carbocycles. The predicted molar refractivity (Wildman–Crippen MR) is 86.3 cm³/mol. The van der Waals surface area contributed by atoms with Crippen LogP contribution in [0.15, 0.2) is 45.4 Å². The molecular weight excluding hydrogens is 320 g/mol. The van der Waals surface area contributed by atoms with Crippen LogP contribution in [0.2, 0.25) is 0 Å². The van der Waals surface area contributed by atoms with Gasteiger partial charge < -0.3 is 14.5 Å². The highest BCUT2D eigenvalue weighted by molar-refractivity contribution is 8.00. The first-order valence-corrected chi connectivity index (χ1v) is 8.36. The normalized spacial score (nSPS) is 10.6. The number of furan rings is 1. The third kappa shape index (κ3) is 3.99. The Hall–Kier alpha value is -2.06. The van der Waals surface area contributed by atoms with E-state index in [2.05, 4.69) is 20.5 Å². The summed E-state index contributed by atoms with van der Waals surface area (Å²) in [6.45, 7) is 0.601. The first-order valence-electron chi connectivity index (χ1n) is 6.56. The highest BCUT2D eigenvalue weighted by Crippen LogP contribution is 2.28. The Morgan fingerprint density at radius 2 is 2.23 bits per heavy atom. The van der Waals surface area contributed by atoms with Gasteiger partial charge in [-0.2, -0.15) is 0 Å². The van der Waals surface area contributed by atoms with Gasteiger partial charge in [0.05, 0.1) is 25.6 Å². The van der Waals surface area contributed by atoms with Crippen molar-refractivity contribution in [1.82, 2.24) is 15.2 Å². The number of ether oxygens (including phenoxy) is 1. The molecule has 0 unspecified atom stereocenters. The van der Waals surface area contributed by atoms with Gasteiger partial charge in [0, 0.05) is 11.8 Å². The number of thioether (sulfide) groups is 1. The van der Waals surface area contributed by atoms with Gasteiger partial charge in [-0.25, -0.2) is 4.98 Å². The molecule has 6 nitrogen and oxygen atoms in total. The van der Waals surface area contributed by atoms with Gasteiger partial charge in [-0.1, -0.05) is 29.2 Å². The summed E-state index contributed by atoms with van der Waals surface area (Å²) in [4.78, 5) is 4.37. The number of nitrogens with zero attached hydrogens (tertiary/aromatic N) is 3. The second-order valence-corrected chi connectivity index (χ2v) is 6.47. The summed E-state index contributed by atoms with van der Waals surface area (Å²) in [6.07, 6.45) is 1.65. The molecule has 3 rings (SSSR count). The molecule has 0 atom stereocenters. The summed E-state index contributed by atoms with van der Waals surface area (Å²) >= 11 is 3.11. The lowest BCUT2D eigenvalue weighted by atomic mass is 10.4. The SMILES string of the molecule is COc1cccc(CSc2nnc(NCc3ccco3)s2)n1. The average molecular weight is 334 g/mol. The lowest BCUT2D eigenvalue weighted by Crippen LogP contribution is -1.96. The van der Waals surface area contributed by atoms with Crippen LogP contribution >= 0.6 is 23.1 Å². The zero-order chi connectivity index (χ0) is 15.2. The first kappa shape index (κ1) is 14.9.